The first kappa shape index (κ1) is 20.8. The average molecular weight is 404 g/mol. The van der Waals surface area contributed by atoms with Crippen LogP contribution >= 0.6 is 0 Å². The summed E-state index contributed by atoms with van der Waals surface area (Å²) in [5.74, 6) is -0.551. The smallest absolute Gasteiger partial charge is 0.469 e. The Balaban J connectivity index is 1.52. The van der Waals surface area contributed by atoms with Gasteiger partial charge in [0.05, 0.1) is 36.9 Å². The zero-order chi connectivity index (χ0) is 21.1. The number of hydrogen-bond donors (Lipinski definition) is 0. The number of rotatable bonds is 4. The van der Waals surface area contributed by atoms with Crippen molar-refractivity contribution in [1.82, 2.24) is 0 Å². The van der Waals surface area contributed by atoms with Crippen LogP contribution in [0.3, 0.4) is 0 Å². The van der Waals surface area contributed by atoms with Crippen molar-refractivity contribution in [2.45, 2.75) is 82.0 Å². The van der Waals surface area contributed by atoms with Crippen LogP contribution in [-0.4, -0.2) is 43.6 Å². The minimum atomic E-state index is -0.715. The van der Waals surface area contributed by atoms with Gasteiger partial charge < -0.3 is 18.8 Å². The highest BCUT2D eigenvalue weighted by molar-refractivity contribution is 6.62. The lowest BCUT2D eigenvalue weighted by Gasteiger charge is -2.53. The molecule has 3 aliphatic heterocycles. The summed E-state index contributed by atoms with van der Waals surface area (Å²) in [6, 6.07) is 5.38. The van der Waals surface area contributed by atoms with Gasteiger partial charge in [-0.25, -0.2) is 4.39 Å². The van der Waals surface area contributed by atoms with Gasteiger partial charge >= 0.3 is 13.1 Å². The molecule has 4 fully saturated rings. The molecular formula is C22H30BFO5. The maximum absolute atomic E-state index is 15.1. The molecule has 7 heteroatoms. The van der Waals surface area contributed by atoms with Crippen LogP contribution < -0.4 is 5.46 Å². The summed E-state index contributed by atoms with van der Waals surface area (Å²) < 4.78 is 38.1. The fourth-order valence-corrected chi connectivity index (χ4v) is 4.72. The van der Waals surface area contributed by atoms with Gasteiger partial charge in [-0.15, -0.1) is 0 Å². The molecule has 0 unspecified atom stereocenters. The van der Waals surface area contributed by atoms with Crippen molar-refractivity contribution in [3.8, 4) is 0 Å². The third kappa shape index (κ3) is 3.41. The molecule has 1 aromatic carbocycles. The standard InChI is InChI=1S/C22H30BFO5/c1-19(2)20(3,4)29-23(28-19)16-7-6-15(12-17(16)24)21-8-10-22(11-9-21,27-14-21)13-18(25)26-5/h6-7,12H,8-11,13-14H2,1-5H3. The van der Waals surface area contributed by atoms with E-state index in [-0.39, 0.29) is 23.6 Å². The first-order valence-corrected chi connectivity index (χ1v) is 10.4. The maximum Gasteiger partial charge on any atom is 0.497 e. The molecule has 1 saturated carbocycles. The molecule has 1 aromatic rings. The van der Waals surface area contributed by atoms with Crippen LogP contribution in [0.25, 0.3) is 0 Å². The van der Waals surface area contributed by atoms with E-state index in [1.165, 1.54) is 7.11 Å². The van der Waals surface area contributed by atoms with E-state index in [2.05, 4.69) is 0 Å². The zero-order valence-electron chi connectivity index (χ0n) is 18.0. The highest BCUT2D eigenvalue weighted by Gasteiger charge is 2.54. The number of hydrogen-bond acceptors (Lipinski definition) is 5. The second-order valence-electron chi connectivity index (χ2n) is 9.83. The summed E-state index contributed by atoms with van der Waals surface area (Å²) in [5.41, 5.74) is -0.267. The number of benzene rings is 1. The van der Waals surface area contributed by atoms with Crippen LogP contribution in [0.2, 0.25) is 0 Å². The SMILES string of the molecule is COC(=O)CC12CCC(c3ccc(B4OC(C)(C)C(C)(C)O4)c(F)c3)(CC1)CO2. The van der Waals surface area contributed by atoms with Crippen LogP contribution in [0.5, 0.6) is 0 Å². The number of esters is 1. The first-order valence-electron chi connectivity index (χ1n) is 10.4. The van der Waals surface area contributed by atoms with Crippen molar-refractivity contribution in [1.29, 1.82) is 0 Å². The molecule has 158 valence electrons. The average Bonchev–Trinajstić information content (AvgIpc) is 2.90. The number of fused-ring (bicyclic) bond motifs is 3. The Morgan fingerprint density at radius 1 is 1.10 bits per heavy atom. The molecule has 3 saturated heterocycles. The Labute approximate surface area is 172 Å². The molecule has 0 N–H and O–H groups in total. The van der Waals surface area contributed by atoms with Crippen LogP contribution in [0.4, 0.5) is 4.39 Å². The summed E-state index contributed by atoms with van der Waals surface area (Å²) >= 11 is 0. The van der Waals surface area contributed by atoms with E-state index in [9.17, 15) is 4.79 Å². The fraction of sp³-hybridized carbons (Fsp3) is 0.682. The summed E-state index contributed by atoms with van der Waals surface area (Å²) in [6.45, 7) is 8.33. The van der Waals surface area contributed by atoms with Gasteiger partial charge in [-0.3, -0.25) is 4.79 Å². The van der Waals surface area contributed by atoms with E-state index in [1.54, 1.807) is 12.1 Å². The van der Waals surface area contributed by atoms with E-state index in [1.807, 2.05) is 33.8 Å². The summed E-state index contributed by atoms with van der Waals surface area (Å²) in [4.78, 5) is 11.7. The number of halogens is 1. The Hall–Kier alpha value is -1.44. The quantitative estimate of drug-likeness (QED) is 0.570. The molecule has 29 heavy (non-hydrogen) atoms. The van der Waals surface area contributed by atoms with Crippen LogP contribution in [-0.2, 0) is 29.0 Å². The third-order valence-electron chi connectivity index (χ3n) is 7.59. The third-order valence-corrected chi connectivity index (χ3v) is 7.59. The molecule has 5 rings (SSSR count). The highest BCUT2D eigenvalue weighted by Crippen LogP contribution is 2.51. The molecule has 5 nitrogen and oxygen atoms in total. The van der Waals surface area contributed by atoms with Gasteiger partial charge in [0, 0.05) is 10.9 Å². The van der Waals surface area contributed by atoms with E-state index < -0.39 is 23.9 Å². The largest absolute Gasteiger partial charge is 0.497 e. The van der Waals surface area contributed by atoms with Gasteiger partial charge in [0.2, 0.25) is 0 Å². The topological polar surface area (TPSA) is 54.0 Å². The van der Waals surface area contributed by atoms with Crippen LogP contribution in [0, 0.1) is 5.82 Å². The normalized spacial score (nSPS) is 32.4. The van der Waals surface area contributed by atoms with E-state index >= 15 is 4.39 Å². The molecule has 3 heterocycles. The number of carbonyl (C=O) groups is 1. The molecule has 1 aliphatic carbocycles. The maximum atomic E-state index is 15.1. The molecule has 0 aromatic heterocycles. The van der Waals surface area contributed by atoms with Crippen molar-refractivity contribution < 1.29 is 28.0 Å². The lowest BCUT2D eigenvalue weighted by atomic mass is 9.62. The van der Waals surface area contributed by atoms with E-state index in [0.29, 0.717) is 12.1 Å². The Bertz CT molecular complexity index is 781. The van der Waals surface area contributed by atoms with Crippen molar-refractivity contribution in [2.75, 3.05) is 13.7 Å². The molecule has 0 spiro atoms. The molecule has 0 radical (unpaired) electrons. The molecule has 4 aliphatic rings. The van der Waals surface area contributed by atoms with Gasteiger partial charge in [0.15, 0.2) is 0 Å². The Morgan fingerprint density at radius 2 is 1.72 bits per heavy atom. The predicted molar refractivity (Wildman–Crippen MR) is 108 cm³/mol. The minimum absolute atomic E-state index is 0.201. The van der Waals surface area contributed by atoms with Crippen LogP contribution in [0.1, 0.15) is 65.4 Å². The van der Waals surface area contributed by atoms with Gasteiger partial charge in [0.1, 0.15) is 5.82 Å². The Kier molecular flexibility index (Phi) is 4.88. The predicted octanol–water partition coefficient (Wildman–Crippen LogP) is 3.27. The van der Waals surface area contributed by atoms with Crippen molar-refractivity contribution in [2.24, 2.45) is 0 Å². The van der Waals surface area contributed by atoms with Gasteiger partial charge in [-0.2, -0.15) is 0 Å². The summed E-state index contributed by atoms with van der Waals surface area (Å²) in [7, 11) is 0.687. The summed E-state index contributed by atoms with van der Waals surface area (Å²) in [5, 5.41) is 0. The Morgan fingerprint density at radius 3 is 2.21 bits per heavy atom. The number of ether oxygens (including phenoxy) is 2. The van der Waals surface area contributed by atoms with Crippen LogP contribution in [0.15, 0.2) is 18.2 Å². The second kappa shape index (κ2) is 6.79. The van der Waals surface area contributed by atoms with Crippen molar-refractivity contribution >= 4 is 18.6 Å². The molecule has 0 amide bonds. The van der Waals surface area contributed by atoms with Gasteiger partial charge in [-0.1, -0.05) is 12.1 Å². The summed E-state index contributed by atoms with van der Waals surface area (Å²) in [6.07, 6.45) is 3.60. The van der Waals surface area contributed by atoms with E-state index in [4.69, 9.17) is 18.8 Å². The van der Waals surface area contributed by atoms with Gasteiger partial charge in [-0.05, 0) is 65.0 Å². The van der Waals surface area contributed by atoms with Crippen molar-refractivity contribution in [3.05, 3.63) is 29.6 Å². The number of carbonyl (C=O) groups excluding carboxylic acids is 1. The zero-order valence-corrected chi connectivity index (χ0v) is 18.0. The second-order valence-corrected chi connectivity index (χ2v) is 9.83. The monoisotopic (exact) mass is 404 g/mol. The van der Waals surface area contributed by atoms with E-state index in [0.717, 1.165) is 31.2 Å². The fourth-order valence-electron chi connectivity index (χ4n) is 4.72. The lowest BCUT2D eigenvalue weighted by Crippen LogP contribution is -2.54. The highest BCUT2D eigenvalue weighted by atomic mass is 19.1. The number of methoxy groups -OCH3 is 1. The molecule has 0 atom stereocenters. The lowest BCUT2D eigenvalue weighted by molar-refractivity contribution is -0.176. The minimum Gasteiger partial charge on any atom is -0.469 e. The molecular weight excluding hydrogens is 374 g/mol. The molecule has 2 bridgehead atoms. The van der Waals surface area contributed by atoms with Gasteiger partial charge in [0.25, 0.3) is 0 Å². The van der Waals surface area contributed by atoms with Crippen molar-refractivity contribution in [3.63, 3.8) is 0 Å². The first-order chi connectivity index (χ1) is 13.5.